The molecule has 0 radical (unpaired) electrons. The van der Waals surface area contributed by atoms with Gasteiger partial charge in [0.15, 0.2) is 18.0 Å². The van der Waals surface area contributed by atoms with Crippen LogP contribution >= 0.6 is 11.6 Å². The van der Waals surface area contributed by atoms with Crippen molar-refractivity contribution in [1.29, 1.82) is 0 Å². The highest BCUT2D eigenvalue weighted by molar-refractivity contribution is 6.31. The first-order valence-corrected chi connectivity index (χ1v) is 9.63. The molecule has 2 aromatic rings. The standard InChI is InChI=1S/C20H23ClN4O3/c21-17-4-2-1-3-16(17)13-24-7-9-25(10-8-24)14-20(28)23-22-12-15-5-6-18(26)19(27)11-15/h1-6,11-12,26-27H,7-10,13-14H2,(H,23,28)/p+2/b22-12+. The Morgan fingerprint density at radius 3 is 2.50 bits per heavy atom. The van der Waals surface area contributed by atoms with Crippen molar-refractivity contribution in [3.8, 4) is 11.5 Å². The van der Waals surface area contributed by atoms with Crippen molar-refractivity contribution in [2.45, 2.75) is 6.54 Å². The van der Waals surface area contributed by atoms with E-state index >= 15 is 0 Å². The molecule has 0 bridgehead atoms. The Morgan fingerprint density at radius 1 is 1.07 bits per heavy atom. The fraction of sp³-hybridized carbons (Fsp3) is 0.300. The van der Waals surface area contributed by atoms with Crippen molar-refractivity contribution in [3.63, 3.8) is 0 Å². The zero-order valence-corrected chi connectivity index (χ0v) is 16.2. The topological polar surface area (TPSA) is 90.8 Å². The lowest BCUT2D eigenvalue weighted by atomic mass is 10.2. The van der Waals surface area contributed by atoms with Crippen molar-refractivity contribution >= 4 is 23.7 Å². The van der Waals surface area contributed by atoms with Crippen LogP contribution in [0.2, 0.25) is 5.02 Å². The summed E-state index contributed by atoms with van der Waals surface area (Å²) >= 11 is 6.24. The summed E-state index contributed by atoms with van der Waals surface area (Å²) in [5.74, 6) is -0.568. The average Bonchev–Trinajstić information content (AvgIpc) is 2.68. The van der Waals surface area contributed by atoms with E-state index in [1.54, 1.807) is 6.07 Å². The molecule has 28 heavy (non-hydrogen) atoms. The quantitative estimate of drug-likeness (QED) is 0.248. The molecule has 1 amide bonds. The highest BCUT2D eigenvalue weighted by Gasteiger charge is 2.25. The number of hydrogen-bond acceptors (Lipinski definition) is 4. The molecule has 2 aromatic carbocycles. The first-order valence-electron chi connectivity index (χ1n) is 9.25. The lowest BCUT2D eigenvalue weighted by Gasteiger charge is -2.29. The number of piperazine rings is 1. The molecule has 0 unspecified atom stereocenters. The third kappa shape index (κ3) is 5.69. The summed E-state index contributed by atoms with van der Waals surface area (Å²) in [6.45, 7) is 5.10. The van der Waals surface area contributed by atoms with Gasteiger partial charge in [-0.15, -0.1) is 0 Å². The molecule has 1 aliphatic heterocycles. The summed E-state index contributed by atoms with van der Waals surface area (Å²) in [4.78, 5) is 14.8. The van der Waals surface area contributed by atoms with Crippen LogP contribution in [0.1, 0.15) is 11.1 Å². The van der Waals surface area contributed by atoms with Gasteiger partial charge in [0.1, 0.15) is 32.7 Å². The molecule has 8 heteroatoms. The minimum absolute atomic E-state index is 0.149. The van der Waals surface area contributed by atoms with E-state index in [4.69, 9.17) is 11.6 Å². The van der Waals surface area contributed by atoms with Gasteiger partial charge in [0, 0.05) is 10.6 Å². The Balaban J connectivity index is 1.40. The number of halogens is 1. The second-order valence-corrected chi connectivity index (χ2v) is 7.39. The molecular weight excluding hydrogens is 380 g/mol. The van der Waals surface area contributed by atoms with Crippen LogP contribution < -0.4 is 15.2 Å². The maximum atomic E-state index is 12.1. The number of aromatic hydroxyl groups is 2. The highest BCUT2D eigenvalue weighted by Crippen LogP contribution is 2.23. The molecule has 1 fully saturated rings. The Labute approximate surface area is 168 Å². The largest absolute Gasteiger partial charge is 0.504 e. The van der Waals surface area contributed by atoms with Crippen molar-refractivity contribution in [2.24, 2.45) is 5.10 Å². The van der Waals surface area contributed by atoms with E-state index in [9.17, 15) is 15.0 Å². The van der Waals surface area contributed by atoms with Gasteiger partial charge in [-0.1, -0.05) is 29.8 Å². The van der Waals surface area contributed by atoms with Crippen LogP contribution in [0, 0.1) is 0 Å². The number of nitrogens with zero attached hydrogens (tertiary/aromatic N) is 1. The molecule has 0 atom stereocenters. The van der Waals surface area contributed by atoms with Gasteiger partial charge in [0.2, 0.25) is 0 Å². The van der Waals surface area contributed by atoms with Gasteiger partial charge in [0.25, 0.3) is 5.91 Å². The molecule has 7 nitrogen and oxygen atoms in total. The number of rotatable bonds is 6. The summed E-state index contributed by atoms with van der Waals surface area (Å²) in [6.07, 6.45) is 1.43. The van der Waals surface area contributed by atoms with E-state index in [1.807, 2.05) is 18.2 Å². The summed E-state index contributed by atoms with van der Waals surface area (Å²) in [7, 11) is 0. The molecular formula is C20H25ClN4O3+2. The van der Waals surface area contributed by atoms with Crippen molar-refractivity contribution in [3.05, 3.63) is 58.6 Å². The average molecular weight is 405 g/mol. The van der Waals surface area contributed by atoms with Crippen LogP contribution in [0.25, 0.3) is 0 Å². The summed E-state index contributed by atoms with van der Waals surface area (Å²) in [6, 6.07) is 12.3. The number of phenolic OH excluding ortho intramolecular Hbond substituents is 2. The monoisotopic (exact) mass is 404 g/mol. The Hall–Kier alpha value is -2.61. The second kappa shape index (κ2) is 9.54. The maximum absolute atomic E-state index is 12.1. The predicted molar refractivity (Wildman–Crippen MR) is 107 cm³/mol. The third-order valence-corrected chi connectivity index (χ3v) is 5.24. The Bertz CT molecular complexity index is 851. The molecule has 0 saturated carbocycles. The van der Waals surface area contributed by atoms with Gasteiger partial charge in [0.05, 0.1) is 6.21 Å². The van der Waals surface area contributed by atoms with Crippen LogP contribution in [-0.4, -0.2) is 55.1 Å². The first-order chi connectivity index (χ1) is 13.5. The number of amides is 1. The third-order valence-electron chi connectivity index (χ3n) is 4.88. The number of quaternary nitrogens is 2. The van der Waals surface area contributed by atoms with E-state index < -0.39 is 0 Å². The SMILES string of the molecule is O=C(C[NH+]1CC[NH+](Cc2ccccc2Cl)CC1)N/N=C/c1ccc(O)c(O)c1. The van der Waals surface area contributed by atoms with Crippen LogP contribution in [-0.2, 0) is 11.3 Å². The highest BCUT2D eigenvalue weighted by atomic mass is 35.5. The van der Waals surface area contributed by atoms with Crippen molar-refractivity contribution in [2.75, 3.05) is 32.7 Å². The summed E-state index contributed by atoms with van der Waals surface area (Å²) in [5, 5.41) is 23.4. The molecule has 0 aliphatic carbocycles. The lowest BCUT2D eigenvalue weighted by molar-refractivity contribution is -1.02. The van der Waals surface area contributed by atoms with E-state index in [-0.39, 0.29) is 17.4 Å². The number of carbonyl (C=O) groups excluding carboxylic acids is 1. The number of benzene rings is 2. The normalized spacial score (nSPS) is 19.6. The number of hydrogen-bond donors (Lipinski definition) is 5. The summed E-state index contributed by atoms with van der Waals surface area (Å²) < 4.78 is 0. The van der Waals surface area contributed by atoms with Crippen LogP contribution in [0.4, 0.5) is 0 Å². The van der Waals surface area contributed by atoms with Crippen LogP contribution in [0.3, 0.4) is 0 Å². The van der Waals surface area contributed by atoms with E-state index in [0.717, 1.165) is 43.3 Å². The molecule has 0 spiro atoms. The smallest absolute Gasteiger partial charge is 0.295 e. The van der Waals surface area contributed by atoms with Gasteiger partial charge in [-0.25, -0.2) is 5.43 Å². The second-order valence-electron chi connectivity index (χ2n) is 6.99. The van der Waals surface area contributed by atoms with Gasteiger partial charge in [-0.05, 0) is 29.8 Å². The fourth-order valence-electron chi connectivity index (χ4n) is 3.29. The zero-order chi connectivity index (χ0) is 19.9. The molecule has 1 saturated heterocycles. The number of hydrazone groups is 1. The first kappa shape index (κ1) is 20.1. The Morgan fingerprint density at radius 2 is 1.79 bits per heavy atom. The van der Waals surface area contributed by atoms with Crippen LogP contribution in [0.5, 0.6) is 11.5 Å². The maximum Gasteiger partial charge on any atom is 0.295 e. The lowest BCUT2D eigenvalue weighted by Crippen LogP contribution is -3.28. The molecule has 0 aromatic heterocycles. The van der Waals surface area contributed by atoms with Crippen molar-refractivity contribution < 1.29 is 24.8 Å². The van der Waals surface area contributed by atoms with E-state index in [1.165, 1.54) is 28.1 Å². The number of nitrogens with one attached hydrogen (secondary N) is 3. The zero-order valence-electron chi connectivity index (χ0n) is 15.5. The summed E-state index contributed by atoms with van der Waals surface area (Å²) in [5.41, 5.74) is 4.26. The van der Waals surface area contributed by atoms with E-state index in [0.29, 0.717) is 12.1 Å². The molecule has 1 heterocycles. The number of phenols is 2. The van der Waals surface area contributed by atoms with Gasteiger partial charge >= 0.3 is 0 Å². The van der Waals surface area contributed by atoms with Gasteiger partial charge in [-0.3, -0.25) is 4.79 Å². The Kier molecular flexibility index (Phi) is 6.86. The fourth-order valence-corrected chi connectivity index (χ4v) is 3.49. The van der Waals surface area contributed by atoms with Crippen molar-refractivity contribution in [1.82, 2.24) is 5.43 Å². The number of carbonyl (C=O) groups is 1. The van der Waals surface area contributed by atoms with Gasteiger partial charge in [-0.2, -0.15) is 5.10 Å². The molecule has 3 rings (SSSR count). The molecule has 5 N–H and O–H groups in total. The molecule has 148 valence electrons. The van der Waals surface area contributed by atoms with E-state index in [2.05, 4.69) is 16.6 Å². The predicted octanol–water partition coefficient (Wildman–Crippen LogP) is -0.815. The minimum atomic E-state index is -0.225. The van der Waals surface area contributed by atoms with Crippen LogP contribution in [0.15, 0.2) is 47.6 Å². The van der Waals surface area contributed by atoms with Gasteiger partial charge < -0.3 is 20.0 Å². The molecule has 1 aliphatic rings. The minimum Gasteiger partial charge on any atom is -0.504 e.